The Kier molecular flexibility index (Phi) is 4.13. The minimum absolute atomic E-state index is 7.39. The van der Waals surface area contributed by atoms with E-state index in [0.717, 1.165) is 0 Å². The van der Waals surface area contributed by atoms with Gasteiger partial charge in [-0.25, -0.2) is 4.39 Å². The zero-order chi connectivity index (χ0) is 17.0. The molecule has 0 radical (unpaired) electrons. The molecular formula is C5HF11O3S. The first-order valence-corrected chi connectivity index (χ1v) is 5.24. The van der Waals surface area contributed by atoms with E-state index in [9.17, 15) is 56.7 Å². The summed E-state index contributed by atoms with van der Waals surface area (Å²) in [5.41, 5.74) is -7.91. The van der Waals surface area contributed by atoms with E-state index in [0.29, 0.717) is 0 Å². The maximum absolute atomic E-state index is 12.8. The lowest BCUT2D eigenvalue weighted by Gasteiger charge is -2.38. The standard InChI is InChI=1S/C5HF11O3S/c6-1(3(9,10)11,4(12,13)14)2(7,8)5(15,16)20(17,18)19/h(H,17,18,19). The number of hydrogen-bond acceptors (Lipinski definition) is 2. The molecule has 0 aromatic rings. The molecule has 0 unspecified atom stereocenters. The van der Waals surface area contributed by atoms with Gasteiger partial charge in [0.1, 0.15) is 0 Å². The van der Waals surface area contributed by atoms with Crippen LogP contribution in [0, 0.1) is 0 Å². The summed E-state index contributed by atoms with van der Waals surface area (Å²) < 4.78 is 161. The first-order valence-electron chi connectivity index (χ1n) is 3.80. The molecule has 0 atom stereocenters. The van der Waals surface area contributed by atoms with Gasteiger partial charge in [-0.3, -0.25) is 4.55 Å². The summed E-state index contributed by atoms with van der Waals surface area (Å²) >= 11 is 0. The van der Waals surface area contributed by atoms with Crippen molar-refractivity contribution >= 4 is 10.1 Å². The normalized spacial score (nSPS) is 16.4. The molecule has 0 rings (SSSR count). The molecule has 0 saturated carbocycles. The maximum Gasteiger partial charge on any atom is 0.438 e. The Morgan fingerprint density at radius 2 is 0.900 bits per heavy atom. The molecule has 0 bridgehead atoms. The van der Waals surface area contributed by atoms with E-state index in [1.807, 2.05) is 0 Å². The summed E-state index contributed by atoms with van der Waals surface area (Å²) in [7, 11) is -7.49. The van der Waals surface area contributed by atoms with E-state index in [1.165, 1.54) is 0 Å². The molecule has 0 fully saturated rings. The highest BCUT2D eigenvalue weighted by molar-refractivity contribution is 7.87. The Balaban J connectivity index is 6.53. The molecule has 0 aliphatic carbocycles. The third kappa shape index (κ3) is 2.29. The summed E-state index contributed by atoms with van der Waals surface area (Å²) in [6, 6.07) is 0. The van der Waals surface area contributed by atoms with Crippen molar-refractivity contribution in [1.82, 2.24) is 0 Å². The Morgan fingerprint density at radius 3 is 1.05 bits per heavy atom. The fraction of sp³-hybridized carbons (Fsp3) is 1.00. The molecule has 0 aromatic carbocycles. The maximum atomic E-state index is 12.8. The molecule has 1 N–H and O–H groups in total. The number of rotatable bonds is 3. The van der Waals surface area contributed by atoms with Crippen LogP contribution in [0.4, 0.5) is 48.3 Å². The highest BCUT2D eigenvalue weighted by Crippen LogP contribution is 2.59. The van der Waals surface area contributed by atoms with Gasteiger partial charge < -0.3 is 0 Å². The molecule has 122 valence electrons. The van der Waals surface area contributed by atoms with Crippen molar-refractivity contribution in [2.45, 2.75) is 29.2 Å². The summed E-state index contributed by atoms with van der Waals surface area (Å²) in [5.74, 6) is -7.88. The van der Waals surface area contributed by atoms with Crippen LogP contribution in [0.25, 0.3) is 0 Å². The number of hydrogen-bond donors (Lipinski definition) is 1. The van der Waals surface area contributed by atoms with Gasteiger partial charge in [0.05, 0.1) is 0 Å². The second-order valence-corrected chi connectivity index (χ2v) is 4.68. The molecule has 15 heteroatoms. The predicted molar refractivity (Wildman–Crippen MR) is 37.4 cm³/mol. The molecule has 0 aliphatic heterocycles. The summed E-state index contributed by atoms with van der Waals surface area (Å²) in [6.45, 7) is 0. The van der Waals surface area contributed by atoms with Gasteiger partial charge in [0.15, 0.2) is 0 Å². The van der Waals surface area contributed by atoms with Gasteiger partial charge in [0, 0.05) is 0 Å². The van der Waals surface area contributed by atoms with Crippen molar-refractivity contribution in [2.24, 2.45) is 0 Å². The first kappa shape index (κ1) is 19.1. The Hall–Kier alpha value is -0.860. The zero-order valence-corrected chi connectivity index (χ0v) is 9.15. The van der Waals surface area contributed by atoms with Crippen LogP contribution in [-0.4, -0.2) is 42.2 Å². The minimum atomic E-state index is -7.91. The van der Waals surface area contributed by atoms with Crippen molar-refractivity contribution in [3.05, 3.63) is 0 Å². The second-order valence-electron chi connectivity index (χ2n) is 3.22. The van der Waals surface area contributed by atoms with Crippen molar-refractivity contribution in [3.63, 3.8) is 0 Å². The molecular weight excluding hydrogens is 349 g/mol. The molecule has 0 heterocycles. The van der Waals surface area contributed by atoms with Gasteiger partial charge in [-0.1, -0.05) is 0 Å². The van der Waals surface area contributed by atoms with Crippen LogP contribution in [-0.2, 0) is 10.1 Å². The van der Waals surface area contributed by atoms with Crippen LogP contribution in [0.5, 0.6) is 0 Å². The minimum Gasteiger partial charge on any atom is -0.281 e. The molecule has 0 saturated heterocycles. The van der Waals surface area contributed by atoms with Gasteiger partial charge in [-0.15, -0.1) is 0 Å². The Labute approximate surface area is 102 Å². The third-order valence-electron chi connectivity index (χ3n) is 1.90. The van der Waals surface area contributed by atoms with Crippen molar-refractivity contribution in [2.75, 3.05) is 0 Å². The molecule has 0 aliphatic rings. The summed E-state index contributed by atoms with van der Waals surface area (Å²) in [4.78, 5) is 0. The zero-order valence-electron chi connectivity index (χ0n) is 8.33. The smallest absolute Gasteiger partial charge is 0.281 e. The fourth-order valence-corrected chi connectivity index (χ4v) is 1.34. The van der Waals surface area contributed by atoms with Crippen LogP contribution in [0.1, 0.15) is 0 Å². The average molecular weight is 350 g/mol. The third-order valence-corrected chi connectivity index (χ3v) is 2.81. The van der Waals surface area contributed by atoms with Crippen molar-refractivity contribution in [1.29, 1.82) is 0 Å². The van der Waals surface area contributed by atoms with Gasteiger partial charge >= 0.3 is 39.3 Å². The fourth-order valence-electron chi connectivity index (χ4n) is 0.879. The number of halogens is 11. The molecule has 3 nitrogen and oxygen atoms in total. The van der Waals surface area contributed by atoms with Gasteiger partial charge in [0.2, 0.25) is 0 Å². The molecule has 20 heavy (non-hydrogen) atoms. The summed E-state index contributed by atoms with van der Waals surface area (Å²) in [5, 5.41) is -7.39. The van der Waals surface area contributed by atoms with Gasteiger partial charge in [0.25, 0.3) is 0 Å². The molecule has 0 amide bonds. The highest BCUT2D eigenvalue weighted by Gasteiger charge is 2.92. The van der Waals surface area contributed by atoms with E-state index in [1.54, 1.807) is 0 Å². The van der Waals surface area contributed by atoms with Crippen LogP contribution in [0.2, 0.25) is 0 Å². The topological polar surface area (TPSA) is 54.4 Å². The Bertz CT molecular complexity index is 457. The van der Waals surface area contributed by atoms with E-state index in [4.69, 9.17) is 4.55 Å². The monoisotopic (exact) mass is 350 g/mol. The molecule has 0 spiro atoms. The predicted octanol–water partition coefficient (Wildman–Crippen LogP) is 2.94. The van der Waals surface area contributed by atoms with Crippen LogP contribution in [0.15, 0.2) is 0 Å². The quantitative estimate of drug-likeness (QED) is 0.629. The Morgan fingerprint density at radius 1 is 0.650 bits per heavy atom. The lowest BCUT2D eigenvalue weighted by atomic mass is 9.96. The number of alkyl halides is 11. The van der Waals surface area contributed by atoms with Crippen LogP contribution >= 0.6 is 0 Å². The van der Waals surface area contributed by atoms with Gasteiger partial charge in [-0.05, 0) is 0 Å². The van der Waals surface area contributed by atoms with Gasteiger partial charge in [-0.2, -0.15) is 52.3 Å². The van der Waals surface area contributed by atoms with Crippen LogP contribution in [0.3, 0.4) is 0 Å². The lowest BCUT2D eigenvalue weighted by Crippen LogP contribution is -2.71. The molecule has 0 aromatic heterocycles. The van der Waals surface area contributed by atoms with E-state index >= 15 is 0 Å². The van der Waals surface area contributed by atoms with E-state index in [-0.39, 0.29) is 0 Å². The van der Waals surface area contributed by atoms with Crippen molar-refractivity contribution in [3.8, 4) is 0 Å². The van der Waals surface area contributed by atoms with Crippen LogP contribution < -0.4 is 0 Å². The van der Waals surface area contributed by atoms with Crippen molar-refractivity contribution < 1.29 is 61.3 Å². The largest absolute Gasteiger partial charge is 0.438 e. The second kappa shape index (κ2) is 4.32. The average Bonchev–Trinajstić information content (AvgIpc) is 2.10. The SMILES string of the molecule is O=S(=O)(O)C(F)(F)C(F)(F)C(F)(C(F)(F)F)C(F)(F)F. The lowest BCUT2D eigenvalue weighted by molar-refractivity contribution is -0.416. The first-order chi connectivity index (χ1) is 8.25. The van der Waals surface area contributed by atoms with E-state index < -0.39 is 39.3 Å². The highest BCUT2D eigenvalue weighted by atomic mass is 32.2. The van der Waals surface area contributed by atoms with E-state index in [2.05, 4.69) is 0 Å². The summed E-state index contributed by atoms with van der Waals surface area (Å²) in [6.07, 6.45) is -15.3.